The highest BCUT2D eigenvalue weighted by molar-refractivity contribution is 7.99. The third-order valence-corrected chi connectivity index (χ3v) is 6.29. The number of anilines is 1. The molecule has 2 aromatic carbocycles. The van der Waals surface area contributed by atoms with Gasteiger partial charge in [0, 0.05) is 23.7 Å². The molecule has 0 radical (unpaired) electrons. The second kappa shape index (κ2) is 7.15. The minimum Gasteiger partial charge on any atom is -0.324 e. The Morgan fingerprint density at radius 2 is 1.93 bits per heavy atom. The molecule has 1 amide bonds. The lowest BCUT2D eigenvalue weighted by Crippen LogP contribution is -2.37. The summed E-state index contributed by atoms with van der Waals surface area (Å²) >= 11 is 1.35. The van der Waals surface area contributed by atoms with Crippen molar-refractivity contribution in [2.24, 2.45) is 0 Å². The van der Waals surface area contributed by atoms with Gasteiger partial charge in [0.25, 0.3) is 0 Å². The number of carbonyl (C=O) groups is 1. The van der Waals surface area contributed by atoms with Gasteiger partial charge in [-0.05, 0) is 38.0 Å². The maximum atomic E-state index is 12.9. The summed E-state index contributed by atoms with van der Waals surface area (Å²) < 4.78 is 2.14. The van der Waals surface area contributed by atoms with E-state index < -0.39 is 0 Å². The number of aryl methyl sites for hydroxylation is 1. The molecule has 5 rings (SSSR count). The zero-order chi connectivity index (χ0) is 20.0. The maximum absolute atomic E-state index is 12.9. The van der Waals surface area contributed by atoms with Gasteiger partial charge < -0.3 is 9.47 Å². The van der Waals surface area contributed by atoms with Crippen LogP contribution in [0.1, 0.15) is 19.4 Å². The number of benzene rings is 2. The van der Waals surface area contributed by atoms with Gasteiger partial charge in [0.15, 0.2) is 5.65 Å². The predicted molar refractivity (Wildman–Crippen MR) is 116 cm³/mol. The number of rotatable bonds is 4. The largest absolute Gasteiger partial charge is 0.324 e. The number of nitrogens with zero attached hydrogens (tertiary/aromatic N) is 5. The molecule has 146 valence electrons. The minimum atomic E-state index is 0.0761. The van der Waals surface area contributed by atoms with Gasteiger partial charge in [-0.3, -0.25) is 4.79 Å². The first-order valence-corrected chi connectivity index (χ1v) is 10.8. The van der Waals surface area contributed by atoms with Gasteiger partial charge in [0.1, 0.15) is 5.52 Å². The summed E-state index contributed by atoms with van der Waals surface area (Å²) in [5.41, 5.74) is 4.97. The molecule has 0 unspecified atom stereocenters. The zero-order valence-corrected chi connectivity index (χ0v) is 17.2. The molecule has 0 bridgehead atoms. The van der Waals surface area contributed by atoms with Gasteiger partial charge in [-0.25, -0.2) is 4.98 Å². The molecule has 2 aromatic heterocycles. The summed E-state index contributed by atoms with van der Waals surface area (Å²) in [5, 5.41) is 10.3. The van der Waals surface area contributed by atoms with Gasteiger partial charge >= 0.3 is 0 Å². The first kappa shape index (κ1) is 18.1. The molecule has 0 spiro atoms. The quantitative estimate of drug-likeness (QED) is 0.481. The number of thioether (sulfide) groups is 1. The normalized spacial score (nSPS) is 15.9. The Morgan fingerprint density at radius 3 is 2.79 bits per heavy atom. The molecule has 0 saturated heterocycles. The van der Waals surface area contributed by atoms with Gasteiger partial charge in [0.05, 0.1) is 11.3 Å². The van der Waals surface area contributed by atoms with Crippen LogP contribution in [0.4, 0.5) is 5.69 Å². The van der Waals surface area contributed by atoms with E-state index >= 15 is 0 Å². The average Bonchev–Trinajstić information content (AvgIpc) is 3.25. The van der Waals surface area contributed by atoms with Crippen LogP contribution in [0.15, 0.2) is 53.7 Å². The number of hydrogen-bond donors (Lipinski definition) is 0. The summed E-state index contributed by atoms with van der Waals surface area (Å²) in [6.07, 6.45) is 0.896. The van der Waals surface area contributed by atoms with Crippen LogP contribution in [-0.2, 0) is 17.8 Å². The summed E-state index contributed by atoms with van der Waals surface area (Å²) in [5.74, 6) is 0.366. The van der Waals surface area contributed by atoms with Crippen molar-refractivity contribution in [1.29, 1.82) is 0 Å². The SMILES string of the molecule is CCn1c2ccccc2c2nnc(SCC(=O)N3c4ccccc4C[C@H]3C)nc21. The Kier molecular flexibility index (Phi) is 4.47. The molecule has 6 nitrogen and oxygen atoms in total. The van der Waals surface area contributed by atoms with Crippen molar-refractivity contribution in [2.75, 3.05) is 10.7 Å². The fraction of sp³-hybridized carbons (Fsp3) is 0.273. The average molecular weight is 404 g/mol. The van der Waals surface area contributed by atoms with Crippen LogP contribution in [0, 0.1) is 0 Å². The molecule has 29 heavy (non-hydrogen) atoms. The summed E-state index contributed by atoms with van der Waals surface area (Å²) in [6, 6.07) is 16.4. The third kappa shape index (κ3) is 2.97. The summed E-state index contributed by atoms with van der Waals surface area (Å²) in [6.45, 7) is 4.98. The Labute approximate surface area is 172 Å². The number of para-hydroxylation sites is 2. The van der Waals surface area contributed by atoms with E-state index in [1.807, 2.05) is 41.3 Å². The molecular formula is C22H21N5OS. The van der Waals surface area contributed by atoms with Crippen LogP contribution >= 0.6 is 11.8 Å². The first-order valence-electron chi connectivity index (χ1n) is 9.81. The lowest BCUT2D eigenvalue weighted by atomic mass is 10.1. The molecule has 0 fully saturated rings. The lowest BCUT2D eigenvalue weighted by molar-refractivity contribution is -0.116. The number of aromatic nitrogens is 4. The highest BCUT2D eigenvalue weighted by Gasteiger charge is 2.30. The number of hydrogen-bond acceptors (Lipinski definition) is 5. The van der Waals surface area contributed by atoms with Gasteiger partial charge in [0.2, 0.25) is 11.1 Å². The van der Waals surface area contributed by atoms with Crippen molar-refractivity contribution in [3.05, 3.63) is 54.1 Å². The fourth-order valence-corrected chi connectivity index (χ4v) is 4.85. The molecule has 0 saturated carbocycles. The van der Waals surface area contributed by atoms with E-state index in [0.717, 1.165) is 40.7 Å². The molecule has 0 aliphatic carbocycles. The summed E-state index contributed by atoms with van der Waals surface area (Å²) in [7, 11) is 0. The number of amides is 1. The summed E-state index contributed by atoms with van der Waals surface area (Å²) in [4.78, 5) is 19.6. The van der Waals surface area contributed by atoms with E-state index in [-0.39, 0.29) is 17.7 Å². The second-order valence-corrected chi connectivity index (χ2v) is 8.20. The smallest absolute Gasteiger partial charge is 0.237 e. The van der Waals surface area contributed by atoms with Crippen molar-refractivity contribution >= 4 is 45.4 Å². The van der Waals surface area contributed by atoms with Gasteiger partial charge in [-0.1, -0.05) is 48.2 Å². The van der Waals surface area contributed by atoms with E-state index in [1.54, 1.807) is 0 Å². The van der Waals surface area contributed by atoms with E-state index in [1.165, 1.54) is 17.3 Å². The van der Waals surface area contributed by atoms with Gasteiger partial charge in [-0.15, -0.1) is 10.2 Å². The Balaban J connectivity index is 1.41. The Bertz CT molecular complexity index is 1230. The van der Waals surface area contributed by atoms with E-state index in [4.69, 9.17) is 4.98 Å². The topological polar surface area (TPSA) is 63.9 Å². The highest BCUT2D eigenvalue weighted by Crippen LogP contribution is 2.33. The van der Waals surface area contributed by atoms with Crippen LogP contribution in [0.25, 0.3) is 22.1 Å². The van der Waals surface area contributed by atoms with Crippen LogP contribution in [-0.4, -0.2) is 37.5 Å². The first-order chi connectivity index (χ1) is 14.2. The van der Waals surface area contributed by atoms with Crippen LogP contribution in [0.5, 0.6) is 0 Å². The lowest BCUT2D eigenvalue weighted by Gasteiger charge is -2.22. The second-order valence-electron chi connectivity index (χ2n) is 7.26. The van der Waals surface area contributed by atoms with E-state index in [0.29, 0.717) is 5.16 Å². The highest BCUT2D eigenvalue weighted by atomic mass is 32.2. The van der Waals surface area contributed by atoms with Crippen LogP contribution < -0.4 is 4.90 Å². The van der Waals surface area contributed by atoms with Crippen molar-refractivity contribution < 1.29 is 4.79 Å². The number of fused-ring (bicyclic) bond motifs is 4. The fourth-order valence-electron chi connectivity index (χ4n) is 4.21. The molecule has 1 aliphatic rings. The molecule has 0 N–H and O–H groups in total. The van der Waals surface area contributed by atoms with Crippen molar-refractivity contribution in [3.63, 3.8) is 0 Å². The molecule has 7 heteroatoms. The molecule has 4 aromatic rings. The molecule has 1 aliphatic heterocycles. The molecular weight excluding hydrogens is 382 g/mol. The van der Waals surface area contributed by atoms with Crippen LogP contribution in [0.2, 0.25) is 0 Å². The van der Waals surface area contributed by atoms with Crippen LogP contribution in [0.3, 0.4) is 0 Å². The Hall–Kier alpha value is -2.93. The predicted octanol–water partition coefficient (Wildman–Crippen LogP) is 4.07. The van der Waals surface area contributed by atoms with E-state index in [9.17, 15) is 4.79 Å². The van der Waals surface area contributed by atoms with Crippen molar-refractivity contribution in [1.82, 2.24) is 19.7 Å². The standard InChI is InChI=1S/C22H21N5OS/c1-3-26-18-11-7-5-9-16(18)20-21(26)23-22(25-24-20)29-13-19(28)27-14(2)12-15-8-4-6-10-17(15)27/h4-11,14H,3,12-13H2,1-2H3/t14-/m1/s1. The van der Waals surface area contributed by atoms with E-state index in [2.05, 4.69) is 40.7 Å². The van der Waals surface area contributed by atoms with Crippen molar-refractivity contribution in [2.45, 2.75) is 38.0 Å². The molecule has 3 heterocycles. The third-order valence-electron chi connectivity index (χ3n) is 5.47. The van der Waals surface area contributed by atoms with Gasteiger partial charge in [-0.2, -0.15) is 0 Å². The van der Waals surface area contributed by atoms with Crippen molar-refractivity contribution in [3.8, 4) is 0 Å². The maximum Gasteiger partial charge on any atom is 0.237 e. The monoisotopic (exact) mass is 403 g/mol. The minimum absolute atomic E-state index is 0.0761. The molecule has 1 atom stereocenters. The zero-order valence-electron chi connectivity index (χ0n) is 16.4. The Morgan fingerprint density at radius 1 is 1.14 bits per heavy atom. The number of carbonyl (C=O) groups excluding carboxylic acids is 1.